The molecule has 10 heteroatoms. The Bertz CT molecular complexity index is 862. The molecular formula is C26H41N3O7. The molecule has 2 bridgehead atoms. The molecule has 2 unspecified atom stereocenters. The lowest BCUT2D eigenvalue weighted by atomic mass is 9.65. The molecule has 4 heterocycles. The van der Waals surface area contributed by atoms with Gasteiger partial charge in [-0.25, -0.2) is 0 Å². The van der Waals surface area contributed by atoms with E-state index < -0.39 is 41.1 Å². The van der Waals surface area contributed by atoms with Gasteiger partial charge < -0.3 is 29.1 Å². The summed E-state index contributed by atoms with van der Waals surface area (Å²) in [5.74, 6) is -2.56. The second-order valence-electron chi connectivity index (χ2n) is 10.4. The van der Waals surface area contributed by atoms with Gasteiger partial charge in [0.15, 0.2) is 0 Å². The van der Waals surface area contributed by atoms with Crippen LogP contribution in [0.15, 0.2) is 12.7 Å². The van der Waals surface area contributed by atoms with E-state index in [1.807, 2.05) is 6.92 Å². The summed E-state index contributed by atoms with van der Waals surface area (Å²) in [7, 11) is 0. The lowest BCUT2D eigenvalue weighted by Crippen LogP contribution is -2.59. The van der Waals surface area contributed by atoms with E-state index in [1.165, 1.54) is 4.90 Å². The molecule has 1 N–H and O–H groups in total. The molecule has 4 aliphatic heterocycles. The Kier molecular flexibility index (Phi) is 8.09. The maximum atomic E-state index is 14.3. The zero-order valence-corrected chi connectivity index (χ0v) is 21.8. The largest absolute Gasteiger partial charge is 0.466 e. The van der Waals surface area contributed by atoms with Gasteiger partial charge in [0.2, 0.25) is 11.8 Å². The van der Waals surface area contributed by atoms with E-state index in [0.29, 0.717) is 52.1 Å². The van der Waals surface area contributed by atoms with Gasteiger partial charge >= 0.3 is 5.97 Å². The number of fused-ring (bicyclic) bond motifs is 1. The Morgan fingerprint density at radius 1 is 1.31 bits per heavy atom. The van der Waals surface area contributed by atoms with E-state index in [4.69, 9.17) is 14.2 Å². The Labute approximate surface area is 213 Å². The van der Waals surface area contributed by atoms with Gasteiger partial charge in [0, 0.05) is 32.7 Å². The van der Waals surface area contributed by atoms with Crippen LogP contribution in [0.25, 0.3) is 0 Å². The van der Waals surface area contributed by atoms with Crippen molar-refractivity contribution < 1.29 is 33.7 Å². The summed E-state index contributed by atoms with van der Waals surface area (Å²) in [5.41, 5.74) is -1.94. The van der Waals surface area contributed by atoms with E-state index in [1.54, 1.807) is 24.8 Å². The molecule has 0 aromatic rings. The van der Waals surface area contributed by atoms with Gasteiger partial charge in [0.25, 0.3) is 0 Å². The minimum atomic E-state index is -1.12. The van der Waals surface area contributed by atoms with Crippen LogP contribution >= 0.6 is 0 Å². The van der Waals surface area contributed by atoms with Gasteiger partial charge in [-0.1, -0.05) is 13.0 Å². The fourth-order valence-electron chi connectivity index (χ4n) is 6.80. The molecule has 1 spiro atoms. The lowest BCUT2D eigenvalue weighted by Gasteiger charge is -2.39. The normalized spacial score (nSPS) is 34.5. The minimum absolute atomic E-state index is 0.205. The van der Waals surface area contributed by atoms with E-state index in [2.05, 4.69) is 11.5 Å². The van der Waals surface area contributed by atoms with Gasteiger partial charge in [0.1, 0.15) is 17.6 Å². The molecule has 2 amide bonds. The van der Waals surface area contributed by atoms with Crippen molar-refractivity contribution in [2.75, 3.05) is 59.2 Å². The number of carbonyl (C=O) groups is 3. The Morgan fingerprint density at radius 2 is 2.03 bits per heavy atom. The molecule has 202 valence electrons. The highest BCUT2D eigenvalue weighted by atomic mass is 16.6. The zero-order chi connectivity index (χ0) is 26.1. The standard InChI is InChI=1S/C26H41N3O7/c1-5-10-28(12-11-27-13-15-34-16-14-27)23(32)21-26-9-8-25(6-2,36-26)20(24(33)35-7-3)19(26)22(31)29(21)18(4)17-30/h5,18-21,30H,1,6-17H2,2-4H3/t18-,19+,20-,21?,25+,26?/m1/s1. The average molecular weight is 508 g/mol. The molecule has 4 aliphatic rings. The molecular weight excluding hydrogens is 466 g/mol. The fraction of sp³-hybridized carbons (Fsp3) is 0.808. The van der Waals surface area contributed by atoms with Crippen LogP contribution in [0.5, 0.6) is 0 Å². The van der Waals surface area contributed by atoms with Gasteiger partial charge in [-0.2, -0.15) is 0 Å². The highest BCUT2D eigenvalue weighted by Gasteiger charge is 2.79. The van der Waals surface area contributed by atoms with Crippen LogP contribution in [0, 0.1) is 11.8 Å². The number of nitrogens with zero attached hydrogens (tertiary/aromatic N) is 3. The summed E-state index contributed by atoms with van der Waals surface area (Å²) in [6.45, 7) is 13.6. The van der Waals surface area contributed by atoms with Crippen LogP contribution < -0.4 is 0 Å². The van der Waals surface area contributed by atoms with Crippen molar-refractivity contribution in [3.05, 3.63) is 12.7 Å². The lowest BCUT2D eigenvalue weighted by molar-refractivity contribution is -0.163. The number of hydrogen-bond donors (Lipinski definition) is 1. The zero-order valence-electron chi connectivity index (χ0n) is 21.8. The second-order valence-corrected chi connectivity index (χ2v) is 10.4. The van der Waals surface area contributed by atoms with Crippen molar-refractivity contribution in [1.29, 1.82) is 0 Å². The molecule has 0 saturated carbocycles. The molecule has 0 aromatic heterocycles. The predicted molar refractivity (Wildman–Crippen MR) is 131 cm³/mol. The van der Waals surface area contributed by atoms with Crippen LogP contribution in [0.1, 0.15) is 40.0 Å². The van der Waals surface area contributed by atoms with Crippen LogP contribution in [0.2, 0.25) is 0 Å². The van der Waals surface area contributed by atoms with Gasteiger partial charge in [-0.05, 0) is 33.1 Å². The number of aliphatic hydroxyl groups is 1. The SMILES string of the molecule is C=CCN(CCN1CCOCC1)C(=O)C1N([C@H](C)CO)C(=O)[C@@H]2[C@H](C(=O)OCC)[C@]3(CC)CCC12O3. The summed E-state index contributed by atoms with van der Waals surface area (Å²) in [6.07, 6.45) is 3.32. The highest BCUT2D eigenvalue weighted by Crippen LogP contribution is 2.64. The first-order chi connectivity index (χ1) is 17.3. The maximum Gasteiger partial charge on any atom is 0.312 e. The number of carbonyl (C=O) groups excluding carboxylic acids is 3. The molecule has 0 aliphatic carbocycles. The summed E-state index contributed by atoms with van der Waals surface area (Å²) in [4.78, 5) is 46.9. The third kappa shape index (κ3) is 4.25. The first kappa shape index (κ1) is 27.0. The molecule has 4 fully saturated rings. The number of morpholine rings is 1. The summed E-state index contributed by atoms with van der Waals surface area (Å²) < 4.78 is 17.5. The number of likely N-dealkylation sites (tertiary alicyclic amines) is 1. The molecule has 4 saturated heterocycles. The molecule has 6 atom stereocenters. The van der Waals surface area contributed by atoms with Crippen molar-refractivity contribution in [2.24, 2.45) is 11.8 Å². The molecule has 10 nitrogen and oxygen atoms in total. The van der Waals surface area contributed by atoms with Crippen molar-refractivity contribution in [3.8, 4) is 0 Å². The average Bonchev–Trinajstić information content (AvgIpc) is 3.50. The van der Waals surface area contributed by atoms with Crippen LogP contribution in [-0.2, 0) is 28.6 Å². The van der Waals surface area contributed by atoms with E-state index in [0.717, 1.165) is 13.1 Å². The van der Waals surface area contributed by atoms with E-state index in [9.17, 15) is 19.5 Å². The number of ether oxygens (including phenoxy) is 3. The number of amides is 2. The molecule has 4 rings (SSSR count). The van der Waals surface area contributed by atoms with E-state index >= 15 is 0 Å². The smallest absolute Gasteiger partial charge is 0.312 e. The van der Waals surface area contributed by atoms with Gasteiger partial charge in [-0.3, -0.25) is 19.3 Å². The van der Waals surface area contributed by atoms with Crippen molar-refractivity contribution in [1.82, 2.24) is 14.7 Å². The Hall–Kier alpha value is -2.01. The van der Waals surface area contributed by atoms with Crippen molar-refractivity contribution >= 4 is 17.8 Å². The quantitative estimate of drug-likeness (QED) is 0.317. The second kappa shape index (κ2) is 10.8. The van der Waals surface area contributed by atoms with Gasteiger partial charge in [0.05, 0.1) is 44.0 Å². The van der Waals surface area contributed by atoms with Crippen molar-refractivity contribution in [3.63, 3.8) is 0 Å². The number of aliphatic hydroxyl groups excluding tert-OH is 1. The first-order valence-electron chi connectivity index (χ1n) is 13.3. The fourth-order valence-corrected chi connectivity index (χ4v) is 6.80. The van der Waals surface area contributed by atoms with Gasteiger partial charge in [-0.15, -0.1) is 6.58 Å². The maximum absolute atomic E-state index is 14.3. The molecule has 36 heavy (non-hydrogen) atoms. The highest BCUT2D eigenvalue weighted by molar-refractivity contribution is 5.98. The number of rotatable bonds is 11. The van der Waals surface area contributed by atoms with Crippen LogP contribution in [0.3, 0.4) is 0 Å². The topological polar surface area (TPSA) is 109 Å². The first-order valence-corrected chi connectivity index (χ1v) is 13.3. The summed E-state index contributed by atoms with van der Waals surface area (Å²) >= 11 is 0. The Balaban J connectivity index is 1.69. The third-order valence-corrected chi connectivity index (χ3v) is 8.58. The molecule has 0 aromatic carbocycles. The van der Waals surface area contributed by atoms with E-state index in [-0.39, 0.29) is 25.0 Å². The minimum Gasteiger partial charge on any atom is -0.466 e. The number of esters is 1. The van der Waals surface area contributed by atoms with Crippen molar-refractivity contribution in [2.45, 2.75) is 63.3 Å². The third-order valence-electron chi connectivity index (χ3n) is 8.58. The van der Waals surface area contributed by atoms with Crippen LogP contribution in [-0.4, -0.2) is 120 Å². The van der Waals surface area contributed by atoms with Crippen LogP contribution in [0.4, 0.5) is 0 Å². The summed E-state index contributed by atoms with van der Waals surface area (Å²) in [5, 5.41) is 10.0. The molecule has 0 radical (unpaired) electrons. The Morgan fingerprint density at radius 3 is 2.64 bits per heavy atom. The number of hydrogen-bond acceptors (Lipinski definition) is 8. The predicted octanol–water partition coefficient (Wildman–Crippen LogP) is 0.432. The monoisotopic (exact) mass is 507 g/mol. The summed E-state index contributed by atoms with van der Waals surface area (Å²) in [6, 6.07) is -1.52.